The summed E-state index contributed by atoms with van der Waals surface area (Å²) in [6.07, 6.45) is 0. The van der Waals surface area contributed by atoms with E-state index in [1.54, 1.807) is 38.4 Å². The summed E-state index contributed by atoms with van der Waals surface area (Å²) in [5.74, 6) is 1.19. The summed E-state index contributed by atoms with van der Waals surface area (Å²) < 4.78 is 5.91. The molecule has 0 aliphatic rings. The van der Waals surface area contributed by atoms with Crippen molar-refractivity contribution >= 4 is 11.8 Å². The maximum absolute atomic E-state index is 11.6. The summed E-state index contributed by atoms with van der Waals surface area (Å²) in [5, 5.41) is 5.18. The van der Waals surface area contributed by atoms with Crippen LogP contribution in [0, 0.1) is 0 Å². The molecule has 126 valence electrons. The lowest BCUT2D eigenvalue weighted by Crippen LogP contribution is -2.17. The van der Waals surface area contributed by atoms with E-state index in [0.29, 0.717) is 22.6 Å². The normalized spacial score (nSPS) is 10.3. The van der Waals surface area contributed by atoms with Crippen molar-refractivity contribution in [2.24, 2.45) is 0 Å². The molecule has 0 fully saturated rings. The number of carbonyl (C=O) groups excluding carboxylic acids is 2. The molecule has 0 atom stereocenters. The fourth-order valence-corrected chi connectivity index (χ4v) is 2.51. The van der Waals surface area contributed by atoms with Crippen molar-refractivity contribution in [3.05, 3.63) is 71.8 Å². The third-order valence-corrected chi connectivity index (χ3v) is 3.92. The first-order chi connectivity index (χ1) is 12.1. The van der Waals surface area contributed by atoms with Crippen LogP contribution < -0.4 is 10.6 Å². The molecule has 1 aromatic heterocycles. The Labute approximate surface area is 145 Å². The molecule has 0 bridgehead atoms. The van der Waals surface area contributed by atoms with E-state index < -0.39 is 0 Å². The lowest BCUT2D eigenvalue weighted by Gasteiger charge is -2.02. The Morgan fingerprint density at radius 2 is 1.00 bits per heavy atom. The number of benzene rings is 2. The number of furan rings is 1. The van der Waals surface area contributed by atoms with E-state index in [0.717, 1.165) is 11.1 Å². The summed E-state index contributed by atoms with van der Waals surface area (Å²) in [6.45, 7) is 0. The average Bonchev–Trinajstić information content (AvgIpc) is 3.17. The molecule has 0 spiro atoms. The van der Waals surface area contributed by atoms with E-state index in [9.17, 15) is 9.59 Å². The lowest BCUT2D eigenvalue weighted by atomic mass is 10.1. The third-order valence-electron chi connectivity index (χ3n) is 3.92. The molecule has 0 aliphatic heterocycles. The van der Waals surface area contributed by atoms with Crippen LogP contribution in [0.25, 0.3) is 22.6 Å². The van der Waals surface area contributed by atoms with Crippen molar-refractivity contribution in [2.75, 3.05) is 14.1 Å². The fraction of sp³-hybridized carbons (Fsp3) is 0.100. The molecule has 5 nitrogen and oxygen atoms in total. The zero-order valence-corrected chi connectivity index (χ0v) is 14.0. The van der Waals surface area contributed by atoms with Crippen LogP contribution in [0.4, 0.5) is 0 Å². The van der Waals surface area contributed by atoms with Gasteiger partial charge in [0.05, 0.1) is 0 Å². The number of nitrogens with one attached hydrogen (secondary N) is 2. The van der Waals surface area contributed by atoms with Crippen LogP contribution in [0.5, 0.6) is 0 Å². The van der Waals surface area contributed by atoms with Gasteiger partial charge in [-0.3, -0.25) is 9.59 Å². The molecule has 0 aliphatic carbocycles. The van der Waals surface area contributed by atoms with Crippen molar-refractivity contribution < 1.29 is 14.0 Å². The van der Waals surface area contributed by atoms with Crippen LogP contribution in [-0.4, -0.2) is 25.9 Å². The second-order valence-corrected chi connectivity index (χ2v) is 5.48. The Balaban J connectivity index is 1.82. The molecule has 2 amide bonds. The van der Waals surface area contributed by atoms with Crippen LogP contribution in [0.15, 0.2) is 65.1 Å². The second kappa shape index (κ2) is 7.05. The van der Waals surface area contributed by atoms with E-state index >= 15 is 0 Å². The number of amides is 2. The quantitative estimate of drug-likeness (QED) is 0.769. The summed E-state index contributed by atoms with van der Waals surface area (Å²) in [5.41, 5.74) is 2.98. The van der Waals surface area contributed by atoms with E-state index in [-0.39, 0.29) is 11.8 Å². The first-order valence-electron chi connectivity index (χ1n) is 7.87. The smallest absolute Gasteiger partial charge is 0.251 e. The van der Waals surface area contributed by atoms with Gasteiger partial charge in [0.2, 0.25) is 0 Å². The molecule has 2 aromatic carbocycles. The lowest BCUT2D eigenvalue weighted by molar-refractivity contribution is 0.0955. The average molecular weight is 334 g/mol. The highest BCUT2D eigenvalue weighted by Gasteiger charge is 2.09. The predicted molar refractivity (Wildman–Crippen MR) is 96.4 cm³/mol. The standard InChI is InChI=1S/C20H18N2O3/c1-21-19(23)15-7-3-13(4-8-15)17-11-12-18(25-17)14-5-9-16(10-6-14)20(24)22-2/h3-12H,1-2H3,(H,21,23)(H,22,24). The van der Waals surface area contributed by atoms with Gasteiger partial charge in [-0.25, -0.2) is 0 Å². The molecular weight excluding hydrogens is 316 g/mol. The summed E-state index contributed by atoms with van der Waals surface area (Å²) in [6, 6.07) is 18.2. The minimum atomic E-state index is -0.122. The van der Waals surface area contributed by atoms with Gasteiger partial charge in [0, 0.05) is 36.3 Å². The topological polar surface area (TPSA) is 71.3 Å². The zero-order valence-electron chi connectivity index (χ0n) is 14.0. The number of hydrogen-bond acceptors (Lipinski definition) is 3. The molecule has 25 heavy (non-hydrogen) atoms. The van der Waals surface area contributed by atoms with Gasteiger partial charge in [0.25, 0.3) is 11.8 Å². The van der Waals surface area contributed by atoms with Crippen molar-refractivity contribution in [1.82, 2.24) is 10.6 Å². The first-order valence-corrected chi connectivity index (χ1v) is 7.87. The summed E-state index contributed by atoms with van der Waals surface area (Å²) in [4.78, 5) is 23.2. The van der Waals surface area contributed by atoms with Crippen LogP contribution in [0.1, 0.15) is 20.7 Å². The highest BCUT2D eigenvalue weighted by atomic mass is 16.3. The molecular formula is C20H18N2O3. The van der Waals surface area contributed by atoms with Gasteiger partial charge in [-0.15, -0.1) is 0 Å². The van der Waals surface area contributed by atoms with Gasteiger partial charge in [0.1, 0.15) is 11.5 Å². The van der Waals surface area contributed by atoms with E-state index in [1.807, 2.05) is 36.4 Å². The largest absolute Gasteiger partial charge is 0.456 e. The molecule has 2 N–H and O–H groups in total. The molecule has 1 heterocycles. The third kappa shape index (κ3) is 3.45. The van der Waals surface area contributed by atoms with Gasteiger partial charge >= 0.3 is 0 Å². The molecule has 0 saturated carbocycles. The van der Waals surface area contributed by atoms with Gasteiger partial charge in [-0.1, -0.05) is 24.3 Å². The Hall–Kier alpha value is -3.34. The Kier molecular flexibility index (Phi) is 4.66. The molecule has 5 heteroatoms. The molecule has 3 rings (SSSR count). The molecule has 0 unspecified atom stereocenters. The van der Waals surface area contributed by atoms with E-state index in [4.69, 9.17) is 4.42 Å². The first kappa shape index (κ1) is 16.5. The van der Waals surface area contributed by atoms with E-state index in [1.165, 1.54) is 0 Å². The Morgan fingerprint density at radius 3 is 1.32 bits per heavy atom. The zero-order chi connectivity index (χ0) is 17.8. The van der Waals surface area contributed by atoms with Crippen molar-refractivity contribution in [3.8, 4) is 22.6 Å². The van der Waals surface area contributed by atoms with Crippen LogP contribution >= 0.6 is 0 Å². The minimum Gasteiger partial charge on any atom is -0.456 e. The van der Waals surface area contributed by atoms with Gasteiger partial charge in [-0.2, -0.15) is 0 Å². The van der Waals surface area contributed by atoms with Crippen molar-refractivity contribution in [1.29, 1.82) is 0 Å². The van der Waals surface area contributed by atoms with Crippen molar-refractivity contribution in [2.45, 2.75) is 0 Å². The minimum absolute atomic E-state index is 0.122. The summed E-state index contributed by atoms with van der Waals surface area (Å²) in [7, 11) is 3.20. The van der Waals surface area contributed by atoms with Gasteiger partial charge < -0.3 is 15.1 Å². The fourth-order valence-electron chi connectivity index (χ4n) is 2.51. The number of hydrogen-bond donors (Lipinski definition) is 2. The van der Waals surface area contributed by atoms with Gasteiger partial charge in [0.15, 0.2) is 0 Å². The summed E-state index contributed by atoms with van der Waals surface area (Å²) >= 11 is 0. The highest BCUT2D eigenvalue weighted by Crippen LogP contribution is 2.28. The Morgan fingerprint density at radius 1 is 0.640 bits per heavy atom. The molecule has 0 radical (unpaired) electrons. The highest BCUT2D eigenvalue weighted by molar-refractivity contribution is 5.95. The van der Waals surface area contributed by atoms with Crippen molar-refractivity contribution in [3.63, 3.8) is 0 Å². The van der Waals surface area contributed by atoms with Crippen LogP contribution in [0.3, 0.4) is 0 Å². The maximum atomic E-state index is 11.6. The predicted octanol–water partition coefficient (Wildman–Crippen LogP) is 3.33. The maximum Gasteiger partial charge on any atom is 0.251 e. The monoisotopic (exact) mass is 334 g/mol. The molecule has 3 aromatic rings. The van der Waals surface area contributed by atoms with Crippen LogP contribution in [0.2, 0.25) is 0 Å². The number of carbonyl (C=O) groups is 2. The SMILES string of the molecule is CNC(=O)c1ccc(-c2ccc(-c3ccc(C(=O)NC)cc3)o2)cc1. The Bertz CT molecular complexity index is 819. The molecule has 0 saturated heterocycles. The van der Waals surface area contributed by atoms with E-state index in [2.05, 4.69) is 10.6 Å². The number of rotatable bonds is 4. The van der Waals surface area contributed by atoms with Crippen LogP contribution in [-0.2, 0) is 0 Å². The van der Waals surface area contributed by atoms with Gasteiger partial charge in [-0.05, 0) is 36.4 Å². The second-order valence-electron chi connectivity index (χ2n) is 5.48.